The quantitative estimate of drug-likeness (QED) is 0.858. The summed E-state index contributed by atoms with van der Waals surface area (Å²) in [6, 6.07) is 4.03. The highest BCUT2D eigenvalue weighted by Crippen LogP contribution is 2.43. The molecule has 3 rings (SSSR count). The van der Waals surface area contributed by atoms with Gasteiger partial charge in [-0.15, -0.1) is 0 Å². The maximum absolute atomic E-state index is 12.5. The molecule has 1 heterocycles. The second kappa shape index (κ2) is 4.72. The fourth-order valence-electron chi connectivity index (χ4n) is 3.39. The van der Waals surface area contributed by atoms with Gasteiger partial charge in [0.25, 0.3) is 0 Å². The van der Waals surface area contributed by atoms with Gasteiger partial charge in [0.1, 0.15) is 0 Å². The Hall–Kier alpha value is -1.64. The molecule has 0 spiro atoms. The van der Waals surface area contributed by atoms with Gasteiger partial charge in [0.2, 0.25) is 5.91 Å². The van der Waals surface area contributed by atoms with E-state index in [1.54, 1.807) is 0 Å². The summed E-state index contributed by atoms with van der Waals surface area (Å²) in [5, 5.41) is 3.21. The Morgan fingerprint density at radius 3 is 2.65 bits per heavy atom. The van der Waals surface area contributed by atoms with E-state index in [4.69, 9.17) is 0 Å². The summed E-state index contributed by atoms with van der Waals surface area (Å²) in [5.41, 5.74) is 1.67. The number of carbonyl (C=O) groups is 1. The number of allylic oxidation sites excluding steroid dienone is 2. The van der Waals surface area contributed by atoms with Crippen LogP contribution in [0.4, 0.5) is 0 Å². The first-order valence-electron chi connectivity index (χ1n) is 7.39. The fraction of sp³-hybridized carbons (Fsp3) is 0.529. The maximum atomic E-state index is 12.5. The standard InChI is InChI=1S/C17H22N2O/c1-11-4-7-14(10-18-11)17(2,3)19-16(20)15-9-12-5-6-13(15)8-12/h4-7,10,12-13,15H,8-9H2,1-3H3,(H,19,20)/t12-,13-,15+/m0/s1. The molecule has 2 aliphatic carbocycles. The molecule has 1 N–H and O–H groups in total. The molecule has 0 aromatic carbocycles. The largest absolute Gasteiger partial charge is 0.347 e. The van der Waals surface area contributed by atoms with E-state index in [1.165, 1.54) is 0 Å². The molecule has 2 bridgehead atoms. The molecule has 0 saturated heterocycles. The summed E-state index contributed by atoms with van der Waals surface area (Å²) < 4.78 is 0. The van der Waals surface area contributed by atoms with Crippen LogP contribution in [0.15, 0.2) is 30.5 Å². The second-order valence-electron chi connectivity index (χ2n) is 6.69. The Balaban J connectivity index is 1.71. The molecule has 1 fully saturated rings. The van der Waals surface area contributed by atoms with E-state index in [-0.39, 0.29) is 17.4 Å². The highest BCUT2D eigenvalue weighted by atomic mass is 16.2. The van der Waals surface area contributed by atoms with Crippen LogP contribution >= 0.6 is 0 Å². The Morgan fingerprint density at radius 1 is 1.30 bits per heavy atom. The molecule has 0 aliphatic heterocycles. The van der Waals surface area contributed by atoms with Crippen molar-refractivity contribution in [2.75, 3.05) is 0 Å². The molecule has 1 amide bonds. The zero-order chi connectivity index (χ0) is 14.3. The number of hydrogen-bond donors (Lipinski definition) is 1. The van der Waals surface area contributed by atoms with Crippen molar-refractivity contribution in [3.8, 4) is 0 Å². The number of nitrogens with zero attached hydrogens (tertiary/aromatic N) is 1. The zero-order valence-electron chi connectivity index (χ0n) is 12.4. The minimum atomic E-state index is -0.372. The van der Waals surface area contributed by atoms with Crippen LogP contribution < -0.4 is 5.32 Å². The third kappa shape index (κ3) is 2.37. The van der Waals surface area contributed by atoms with Crippen molar-refractivity contribution in [2.24, 2.45) is 17.8 Å². The van der Waals surface area contributed by atoms with Crippen LogP contribution in [0, 0.1) is 24.7 Å². The lowest BCUT2D eigenvalue weighted by atomic mass is 9.90. The number of carbonyl (C=O) groups excluding carboxylic acids is 1. The first-order chi connectivity index (χ1) is 9.45. The second-order valence-corrected chi connectivity index (χ2v) is 6.69. The Morgan fingerprint density at radius 2 is 2.10 bits per heavy atom. The van der Waals surface area contributed by atoms with Gasteiger partial charge in [-0.25, -0.2) is 0 Å². The van der Waals surface area contributed by atoms with Crippen LogP contribution in [0.1, 0.15) is 37.9 Å². The van der Waals surface area contributed by atoms with Gasteiger partial charge in [-0.3, -0.25) is 9.78 Å². The predicted molar refractivity (Wildman–Crippen MR) is 79.0 cm³/mol. The van der Waals surface area contributed by atoms with Gasteiger partial charge in [0.05, 0.1) is 5.54 Å². The van der Waals surface area contributed by atoms with E-state index in [0.717, 1.165) is 24.1 Å². The van der Waals surface area contributed by atoms with Crippen LogP contribution in [-0.2, 0) is 10.3 Å². The SMILES string of the molecule is Cc1ccc(C(C)(C)NC(=O)[C@@H]2C[C@H]3C=C[C@H]2C3)cn1. The summed E-state index contributed by atoms with van der Waals surface area (Å²) in [6.45, 7) is 6.05. The van der Waals surface area contributed by atoms with Crippen molar-refractivity contribution in [2.45, 2.75) is 39.2 Å². The molecule has 2 aliphatic rings. The van der Waals surface area contributed by atoms with E-state index >= 15 is 0 Å². The van der Waals surface area contributed by atoms with Gasteiger partial charge in [-0.2, -0.15) is 0 Å². The van der Waals surface area contributed by atoms with Gasteiger partial charge >= 0.3 is 0 Å². The van der Waals surface area contributed by atoms with Gasteiger partial charge in [0.15, 0.2) is 0 Å². The summed E-state index contributed by atoms with van der Waals surface area (Å²) in [7, 11) is 0. The van der Waals surface area contributed by atoms with Gasteiger partial charge in [-0.05, 0) is 57.1 Å². The number of rotatable bonds is 3. The fourth-order valence-corrected chi connectivity index (χ4v) is 3.39. The molecule has 1 aromatic rings. The number of amides is 1. The molecule has 3 nitrogen and oxygen atoms in total. The normalized spacial score (nSPS) is 27.9. The maximum Gasteiger partial charge on any atom is 0.224 e. The van der Waals surface area contributed by atoms with E-state index in [0.29, 0.717) is 11.8 Å². The topological polar surface area (TPSA) is 42.0 Å². The third-order valence-corrected chi connectivity index (χ3v) is 4.68. The smallest absolute Gasteiger partial charge is 0.224 e. The van der Waals surface area contributed by atoms with Gasteiger partial charge in [0, 0.05) is 17.8 Å². The first-order valence-corrected chi connectivity index (χ1v) is 7.39. The summed E-state index contributed by atoms with van der Waals surface area (Å²) in [5.74, 6) is 1.42. The average Bonchev–Trinajstić information content (AvgIpc) is 3.01. The van der Waals surface area contributed by atoms with Crippen LogP contribution in [0.5, 0.6) is 0 Å². The number of fused-ring (bicyclic) bond motifs is 2. The highest BCUT2D eigenvalue weighted by Gasteiger charge is 2.41. The Labute approximate surface area is 120 Å². The Bertz CT molecular complexity index is 545. The number of aryl methyl sites for hydroxylation is 1. The number of hydrogen-bond acceptors (Lipinski definition) is 2. The van der Waals surface area contributed by atoms with E-state index in [2.05, 4.69) is 22.5 Å². The minimum Gasteiger partial charge on any atom is -0.347 e. The molecule has 1 saturated carbocycles. The molecule has 0 unspecified atom stereocenters. The monoisotopic (exact) mass is 270 g/mol. The molecule has 1 aromatic heterocycles. The zero-order valence-corrected chi connectivity index (χ0v) is 12.4. The van der Waals surface area contributed by atoms with Crippen LogP contribution in [0.25, 0.3) is 0 Å². The number of aromatic nitrogens is 1. The average molecular weight is 270 g/mol. The summed E-state index contributed by atoms with van der Waals surface area (Å²) >= 11 is 0. The van der Waals surface area contributed by atoms with Gasteiger partial charge in [-0.1, -0.05) is 18.2 Å². The van der Waals surface area contributed by atoms with Crippen molar-refractivity contribution in [3.05, 3.63) is 41.7 Å². The minimum absolute atomic E-state index is 0.155. The third-order valence-electron chi connectivity index (χ3n) is 4.68. The molecule has 106 valence electrons. The first kappa shape index (κ1) is 13.3. The van der Waals surface area contributed by atoms with Crippen molar-refractivity contribution < 1.29 is 4.79 Å². The molecular formula is C17H22N2O. The number of nitrogens with one attached hydrogen (secondary N) is 1. The van der Waals surface area contributed by atoms with Crippen LogP contribution in [0.3, 0.4) is 0 Å². The molecule has 0 radical (unpaired) electrons. The van der Waals surface area contributed by atoms with E-state index in [9.17, 15) is 4.79 Å². The van der Waals surface area contributed by atoms with E-state index in [1.807, 2.05) is 39.1 Å². The highest BCUT2D eigenvalue weighted by molar-refractivity contribution is 5.80. The van der Waals surface area contributed by atoms with Gasteiger partial charge < -0.3 is 5.32 Å². The lowest BCUT2D eigenvalue weighted by molar-refractivity contribution is -0.127. The van der Waals surface area contributed by atoms with Crippen molar-refractivity contribution in [1.29, 1.82) is 0 Å². The molecular weight excluding hydrogens is 248 g/mol. The van der Waals surface area contributed by atoms with E-state index < -0.39 is 0 Å². The van der Waals surface area contributed by atoms with Crippen molar-refractivity contribution in [3.63, 3.8) is 0 Å². The lowest BCUT2D eigenvalue weighted by Crippen LogP contribution is -2.45. The van der Waals surface area contributed by atoms with Crippen LogP contribution in [0.2, 0.25) is 0 Å². The molecule has 20 heavy (non-hydrogen) atoms. The molecule has 3 heteroatoms. The number of pyridine rings is 1. The van der Waals surface area contributed by atoms with Crippen LogP contribution in [-0.4, -0.2) is 10.9 Å². The van der Waals surface area contributed by atoms with Crippen molar-refractivity contribution >= 4 is 5.91 Å². The van der Waals surface area contributed by atoms with Crippen molar-refractivity contribution in [1.82, 2.24) is 10.3 Å². The predicted octanol–water partition coefficient (Wildman–Crippen LogP) is 2.95. The lowest BCUT2D eigenvalue weighted by Gasteiger charge is -2.29. The Kier molecular flexibility index (Phi) is 3.15. The summed E-state index contributed by atoms with van der Waals surface area (Å²) in [6.07, 6.45) is 8.51. The molecule has 3 atom stereocenters. The summed E-state index contributed by atoms with van der Waals surface area (Å²) in [4.78, 5) is 16.9.